The van der Waals surface area contributed by atoms with Crippen LogP contribution in [0.2, 0.25) is 0 Å². The minimum atomic E-state index is -0.310. The summed E-state index contributed by atoms with van der Waals surface area (Å²) in [5.41, 5.74) is 22.3. The summed E-state index contributed by atoms with van der Waals surface area (Å²) in [5.74, 6) is 0. The van der Waals surface area contributed by atoms with Crippen LogP contribution in [0.15, 0.2) is 206 Å². The van der Waals surface area contributed by atoms with Crippen molar-refractivity contribution in [1.82, 2.24) is 0 Å². The Morgan fingerprint density at radius 2 is 1.05 bits per heavy atom. The molecule has 0 bridgehead atoms. The van der Waals surface area contributed by atoms with Gasteiger partial charge in [0.25, 0.3) is 6.71 Å². The fourth-order valence-corrected chi connectivity index (χ4v) is 11.8. The summed E-state index contributed by atoms with van der Waals surface area (Å²) in [6.07, 6.45) is 0. The van der Waals surface area contributed by atoms with Crippen LogP contribution in [0.1, 0.15) is 36.1 Å². The molecule has 0 radical (unpaired) electrons. The van der Waals surface area contributed by atoms with Crippen molar-refractivity contribution in [2.75, 3.05) is 14.7 Å². The standard InChI is InChI=1S/C61H46BN3/c1-39-19-16-20-40(2)60(39)65-54-32-18-31-53-59(54)62(58-45-28-15-14-21-41(45)33-35-55(58)64(53)44-26-12-7-13-27-44)51-38-50-48(37-56(51)65)46-34-36-52(47-29-17-30-49(57(46)47)61(50,3)4)63(42-22-8-5-9-23-42)43-24-10-6-11-25-43/h5-38H,1-4H3. The van der Waals surface area contributed by atoms with Crippen molar-refractivity contribution >= 4 is 95.8 Å². The molecule has 10 aromatic carbocycles. The Morgan fingerprint density at radius 3 is 1.77 bits per heavy atom. The van der Waals surface area contributed by atoms with Gasteiger partial charge in [-0.3, -0.25) is 0 Å². The third kappa shape index (κ3) is 5.38. The second-order valence-corrected chi connectivity index (χ2v) is 18.6. The quantitative estimate of drug-likeness (QED) is 0.160. The van der Waals surface area contributed by atoms with E-state index in [2.05, 4.69) is 249 Å². The zero-order valence-electron chi connectivity index (χ0n) is 37.0. The number of fused-ring (bicyclic) bond motifs is 8. The molecule has 0 unspecified atom stereocenters. The number of para-hydroxylation sites is 4. The summed E-state index contributed by atoms with van der Waals surface area (Å²) in [7, 11) is 0. The average molecular weight is 832 g/mol. The Bertz CT molecular complexity index is 3500. The first-order valence-corrected chi connectivity index (χ1v) is 22.9. The molecule has 2 aliphatic heterocycles. The van der Waals surface area contributed by atoms with E-state index in [0.29, 0.717) is 0 Å². The van der Waals surface area contributed by atoms with Gasteiger partial charge in [0.05, 0.1) is 11.4 Å². The number of rotatable bonds is 5. The van der Waals surface area contributed by atoms with E-state index in [4.69, 9.17) is 0 Å². The van der Waals surface area contributed by atoms with E-state index >= 15 is 0 Å². The fourth-order valence-electron chi connectivity index (χ4n) is 11.8. The van der Waals surface area contributed by atoms with Gasteiger partial charge in [0.1, 0.15) is 0 Å². The number of hydrogen-bond donors (Lipinski definition) is 0. The molecule has 65 heavy (non-hydrogen) atoms. The summed E-state index contributed by atoms with van der Waals surface area (Å²) in [5, 5.41) is 5.13. The third-order valence-corrected chi connectivity index (χ3v) is 14.6. The minimum absolute atomic E-state index is 0.0104. The topological polar surface area (TPSA) is 9.72 Å². The van der Waals surface area contributed by atoms with Crippen molar-refractivity contribution in [3.63, 3.8) is 0 Å². The zero-order chi connectivity index (χ0) is 43.6. The molecule has 3 nitrogen and oxygen atoms in total. The maximum Gasteiger partial charge on any atom is 0.252 e. The summed E-state index contributed by atoms with van der Waals surface area (Å²) in [4.78, 5) is 7.54. The van der Waals surface area contributed by atoms with Crippen molar-refractivity contribution in [3.8, 4) is 11.1 Å². The number of hydrogen-bond acceptors (Lipinski definition) is 3. The van der Waals surface area contributed by atoms with Crippen molar-refractivity contribution in [3.05, 3.63) is 229 Å². The molecule has 0 fully saturated rings. The molecular weight excluding hydrogens is 786 g/mol. The zero-order valence-corrected chi connectivity index (χ0v) is 37.0. The van der Waals surface area contributed by atoms with E-state index < -0.39 is 0 Å². The van der Waals surface area contributed by atoms with Gasteiger partial charge >= 0.3 is 0 Å². The van der Waals surface area contributed by atoms with Gasteiger partial charge < -0.3 is 14.7 Å². The van der Waals surface area contributed by atoms with Gasteiger partial charge in [-0.05, 0) is 147 Å². The average Bonchev–Trinajstić information content (AvgIpc) is 3.34. The summed E-state index contributed by atoms with van der Waals surface area (Å²) in [6, 6.07) is 76.8. The molecule has 2 heterocycles. The van der Waals surface area contributed by atoms with Crippen LogP contribution in [0.3, 0.4) is 0 Å². The highest BCUT2D eigenvalue weighted by Crippen LogP contribution is 2.54. The van der Waals surface area contributed by atoms with Crippen LogP contribution in [0.4, 0.5) is 51.2 Å². The van der Waals surface area contributed by atoms with E-state index in [1.807, 2.05) is 0 Å². The SMILES string of the molecule is Cc1cccc(C)c1N1c2cc3c(cc2B2c4c(cccc41)N(c1ccccc1)c1ccc4ccccc4c12)C(C)(C)c1cccc2c(N(c4ccccc4)c4ccccc4)ccc-3c12. The van der Waals surface area contributed by atoms with Crippen molar-refractivity contribution in [1.29, 1.82) is 0 Å². The Labute approximate surface area is 381 Å². The Kier molecular flexibility index (Phi) is 8.18. The van der Waals surface area contributed by atoms with Crippen LogP contribution in [-0.2, 0) is 5.41 Å². The van der Waals surface area contributed by atoms with Crippen LogP contribution < -0.4 is 31.1 Å². The van der Waals surface area contributed by atoms with Crippen molar-refractivity contribution in [2.24, 2.45) is 0 Å². The predicted molar refractivity (Wildman–Crippen MR) is 277 cm³/mol. The van der Waals surface area contributed by atoms with Crippen LogP contribution in [0.25, 0.3) is 32.7 Å². The smallest absolute Gasteiger partial charge is 0.252 e. The lowest BCUT2D eigenvalue weighted by Crippen LogP contribution is -2.62. The normalized spacial score (nSPS) is 13.9. The molecule has 308 valence electrons. The molecular formula is C61H46BN3. The second kappa shape index (κ2) is 14.1. The van der Waals surface area contributed by atoms with Gasteiger partial charge in [0, 0.05) is 50.6 Å². The Hall–Kier alpha value is -7.82. The highest BCUT2D eigenvalue weighted by atomic mass is 15.2. The van der Waals surface area contributed by atoms with Gasteiger partial charge in [-0.15, -0.1) is 0 Å². The van der Waals surface area contributed by atoms with E-state index in [-0.39, 0.29) is 12.1 Å². The van der Waals surface area contributed by atoms with Gasteiger partial charge in [-0.25, -0.2) is 0 Å². The molecule has 13 rings (SSSR count). The number of aryl methyl sites for hydroxylation is 2. The fraction of sp³-hybridized carbons (Fsp3) is 0.0820. The van der Waals surface area contributed by atoms with Gasteiger partial charge in [0.2, 0.25) is 0 Å². The first-order chi connectivity index (χ1) is 31.9. The Morgan fingerprint density at radius 1 is 0.446 bits per heavy atom. The number of benzene rings is 10. The van der Waals surface area contributed by atoms with Crippen LogP contribution in [0.5, 0.6) is 0 Å². The molecule has 0 N–H and O–H groups in total. The van der Waals surface area contributed by atoms with Crippen LogP contribution in [-0.4, -0.2) is 6.71 Å². The van der Waals surface area contributed by atoms with Gasteiger partial charge in [-0.2, -0.15) is 0 Å². The molecule has 0 spiro atoms. The largest absolute Gasteiger partial charge is 0.311 e. The number of nitrogens with zero attached hydrogens (tertiary/aromatic N) is 3. The van der Waals surface area contributed by atoms with Crippen LogP contribution >= 0.6 is 0 Å². The van der Waals surface area contributed by atoms with E-state index in [1.165, 1.54) is 105 Å². The van der Waals surface area contributed by atoms with E-state index in [1.54, 1.807) is 0 Å². The van der Waals surface area contributed by atoms with Crippen molar-refractivity contribution in [2.45, 2.75) is 33.1 Å². The van der Waals surface area contributed by atoms with Crippen molar-refractivity contribution < 1.29 is 0 Å². The molecule has 1 aliphatic carbocycles. The predicted octanol–water partition coefficient (Wildman–Crippen LogP) is 14.5. The Balaban J connectivity index is 1.13. The first-order valence-electron chi connectivity index (χ1n) is 22.9. The minimum Gasteiger partial charge on any atom is -0.311 e. The lowest BCUT2D eigenvalue weighted by Gasteiger charge is -2.46. The second-order valence-electron chi connectivity index (χ2n) is 18.6. The lowest BCUT2D eigenvalue weighted by atomic mass is 9.32. The number of anilines is 9. The summed E-state index contributed by atoms with van der Waals surface area (Å²) < 4.78 is 0. The summed E-state index contributed by atoms with van der Waals surface area (Å²) in [6.45, 7) is 9.42. The maximum atomic E-state index is 2.62. The molecule has 0 atom stereocenters. The van der Waals surface area contributed by atoms with Gasteiger partial charge in [0.15, 0.2) is 0 Å². The molecule has 3 aliphatic rings. The van der Waals surface area contributed by atoms with E-state index in [0.717, 1.165) is 17.1 Å². The first kappa shape index (κ1) is 37.7. The third-order valence-electron chi connectivity index (χ3n) is 14.6. The molecule has 0 aromatic heterocycles. The monoisotopic (exact) mass is 831 g/mol. The lowest BCUT2D eigenvalue weighted by molar-refractivity contribution is 0.646. The maximum absolute atomic E-state index is 2.62. The molecule has 10 aromatic rings. The molecule has 4 heteroatoms. The highest BCUT2D eigenvalue weighted by molar-refractivity contribution is 7.01. The summed E-state index contributed by atoms with van der Waals surface area (Å²) >= 11 is 0. The molecule has 0 saturated carbocycles. The van der Waals surface area contributed by atoms with Gasteiger partial charge in [-0.1, -0.05) is 153 Å². The van der Waals surface area contributed by atoms with E-state index in [9.17, 15) is 0 Å². The molecule has 0 saturated heterocycles. The van der Waals surface area contributed by atoms with Crippen LogP contribution in [0, 0.1) is 13.8 Å². The molecule has 0 amide bonds. The highest BCUT2D eigenvalue weighted by Gasteiger charge is 2.46.